The zero-order valence-corrected chi connectivity index (χ0v) is 15.4. The Morgan fingerprint density at radius 3 is 2.09 bits per heavy atom. The highest BCUT2D eigenvalue weighted by Crippen LogP contribution is 2.18. The molecule has 1 aromatic rings. The lowest BCUT2D eigenvalue weighted by Crippen LogP contribution is -2.20. The first-order valence-electron chi connectivity index (χ1n) is 9.74. The van der Waals surface area contributed by atoms with Gasteiger partial charge in [-0.3, -0.25) is 0 Å². The molecule has 23 heavy (non-hydrogen) atoms. The van der Waals surface area contributed by atoms with E-state index in [-0.39, 0.29) is 0 Å². The average molecular weight is 316 g/mol. The minimum atomic E-state index is 0.405. The summed E-state index contributed by atoms with van der Waals surface area (Å²) in [5.74, 6) is 0. The lowest BCUT2D eigenvalue weighted by molar-refractivity contribution is 0.517. The number of unbranched alkanes of at least 4 members (excludes halogenated alkanes) is 9. The number of hydrogen-bond donors (Lipinski definition) is 1. The van der Waals surface area contributed by atoms with Crippen LogP contribution in [0.5, 0.6) is 0 Å². The van der Waals surface area contributed by atoms with Crippen molar-refractivity contribution in [3.63, 3.8) is 0 Å². The molecule has 0 aliphatic carbocycles. The summed E-state index contributed by atoms with van der Waals surface area (Å²) in [6.07, 6.45) is 15.9. The summed E-state index contributed by atoms with van der Waals surface area (Å²) in [7, 11) is 0. The van der Waals surface area contributed by atoms with Gasteiger partial charge in [-0.15, -0.1) is 0 Å². The van der Waals surface area contributed by atoms with Gasteiger partial charge in [0.05, 0.1) is 0 Å². The molecule has 1 atom stereocenters. The molecule has 0 saturated carbocycles. The Hall–Kier alpha value is -1.08. The fourth-order valence-corrected chi connectivity index (χ4v) is 3.13. The fraction of sp³-hybridized carbons (Fsp3) is 0.636. The van der Waals surface area contributed by atoms with E-state index in [1.54, 1.807) is 0 Å². The van der Waals surface area contributed by atoms with E-state index in [1.807, 2.05) is 6.08 Å². The van der Waals surface area contributed by atoms with Gasteiger partial charge in [-0.2, -0.15) is 0 Å². The second kappa shape index (κ2) is 13.4. The molecule has 1 unspecified atom stereocenters. The van der Waals surface area contributed by atoms with Gasteiger partial charge in [-0.1, -0.05) is 102 Å². The van der Waals surface area contributed by atoms with Crippen molar-refractivity contribution in [2.45, 2.75) is 84.1 Å². The first-order valence-corrected chi connectivity index (χ1v) is 9.74. The molecule has 0 spiro atoms. The summed E-state index contributed by atoms with van der Waals surface area (Å²) in [5, 5.41) is 3.65. The van der Waals surface area contributed by atoms with E-state index in [1.165, 1.54) is 75.3 Å². The predicted molar refractivity (Wildman–Crippen MR) is 105 cm³/mol. The number of hydrogen-bond acceptors (Lipinski definition) is 1. The van der Waals surface area contributed by atoms with Crippen LogP contribution in [0.25, 0.3) is 6.08 Å². The molecule has 1 rings (SSSR count). The number of nitrogens with one attached hydrogen (secondary N) is 1. The molecule has 0 fully saturated rings. The predicted octanol–water partition coefficient (Wildman–Crippen LogP) is 6.90. The quantitative estimate of drug-likeness (QED) is 0.368. The highest BCUT2D eigenvalue weighted by atomic mass is 14.9. The standard InChI is InChI=1S/C22H37N/c1-4-6-7-8-9-10-11-12-13-16-19-23-20(3)22-18-15-14-17-21(22)5-2/h5,14-15,17-18,20,23H,2,4,6-13,16,19H2,1,3H3. The molecule has 0 heterocycles. The molecule has 130 valence electrons. The monoisotopic (exact) mass is 315 g/mol. The molecule has 1 aromatic carbocycles. The van der Waals surface area contributed by atoms with Crippen LogP contribution in [0.1, 0.15) is 95.2 Å². The smallest absolute Gasteiger partial charge is 0.0297 e. The summed E-state index contributed by atoms with van der Waals surface area (Å²) in [4.78, 5) is 0. The Balaban J connectivity index is 2.01. The van der Waals surface area contributed by atoms with Gasteiger partial charge in [0.1, 0.15) is 0 Å². The summed E-state index contributed by atoms with van der Waals surface area (Å²) in [6.45, 7) is 9.55. The Bertz CT molecular complexity index is 410. The first kappa shape index (κ1) is 20.0. The van der Waals surface area contributed by atoms with E-state index < -0.39 is 0 Å². The molecule has 1 N–H and O–H groups in total. The van der Waals surface area contributed by atoms with Crippen LogP contribution >= 0.6 is 0 Å². The van der Waals surface area contributed by atoms with Crippen LogP contribution in [0.15, 0.2) is 30.8 Å². The van der Waals surface area contributed by atoms with Crippen LogP contribution in [-0.2, 0) is 0 Å². The van der Waals surface area contributed by atoms with E-state index >= 15 is 0 Å². The lowest BCUT2D eigenvalue weighted by Gasteiger charge is -2.16. The van der Waals surface area contributed by atoms with E-state index in [9.17, 15) is 0 Å². The van der Waals surface area contributed by atoms with Gasteiger partial charge in [0, 0.05) is 6.04 Å². The van der Waals surface area contributed by atoms with Crippen molar-refractivity contribution in [3.05, 3.63) is 42.0 Å². The maximum atomic E-state index is 3.91. The maximum Gasteiger partial charge on any atom is 0.0297 e. The molecule has 0 radical (unpaired) electrons. The SMILES string of the molecule is C=Cc1ccccc1C(C)NCCCCCCCCCCCC. The molecule has 0 aromatic heterocycles. The van der Waals surface area contributed by atoms with Gasteiger partial charge >= 0.3 is 0 Å². The van der Waals surface area contributed by atoms with Gasteiger partial charge in [-0.05, 0) is 31.0 Å². The van der Waals surface area contributed by atoms with Crippen molar-refractivity contribution in [3.8, 4) is 0 Å². The van der Waals surface area contributed by atoms with E-state index in [4.69, 9.17) is 0 Å². The van der Waals surface area contributed by atoms with Crippen molar-refractivity contribution in [1.82, 2.24) is 5.32 Å². The van der Waals surface area contributed by atoms with Crippen LogP contribution < -0.4 is 5.32 Å². The topological polar surface area (TPSA) is 12.0 Å². The highest BCUT2D eigenvalue weighted by Gasteiger charge is 2.07. The summed E-state index contributed by atoms with van der Waals surface area (Å²) in [6, 6.07) is 8.94. The summed E-state index contributed by atoms with van der Waals surface area (Å²) in [5.41, 5.74) is 2.60. The normalized spacial score (nSPS) is 12.3. The van der Waals surface area contributed by atoms with Gasteiger partial charge in [0.15, 0.2) is 0 Å². The average Bonchev–Trinajstić information content (AvgIpc) is 2.59. The molecule has 1 nitrogen and oxygen atoms in total. The fourth-order valence-electron chi connectivity index (χ4n) is 3.13. The van der Waals surface area contributed by atoms with Gasteiger partial charge < -0.3 is 5.32 Å². The molecule has 0 saturated heterocycles. The van der Waals surface area contributed by atoms with E-state index in [0.29, 0.717) is 6.04 Å². The van der Waals surface area contributed by atoms with Gasteiger partial charge in [-0.25, -0.2) is 0 Å². The van der Waals surface area contributed by atoms with Crippen LogP contribution in [0.3, 0.4) is 0 Å². The molecular formula is C22H37N. The van der Waals surface area contributed by atoms with Crippen LogP contribution in [0.2, 0.25) is 0 Å². The van der Waals surface area contributed by atoms with Crippen molar-refractivity contribution >= 4 is 6.08 Å². The third kappa shape index (κ3) is 8.95. The van der Waals surface area contributed by atoms with Crippen LogP contribution in [-0.4, -0.2) is 6.54 Å². The van der Waals surface area contributed by atoms with E-state index in [2.05, 4.69) is 50.0 Å². The highest BCUT2D eigenvalue weighted by molar-refractivity contribution is 5.52. The largest absolute Gasteiger partial charge is 0.310 e. The Kier molecular flexibility index (Phi) is 11.6. The molecule has 0 aliphatic rings. The van der Waals surface area contributed by atoms with Crippen molar-refractivity contribution in [2.75, 3.05) is 6.54 Å². The molecular weight excluding hydrogens is 278 g/mol. The van der Waals surface area contributed by atoms with Crippen molar-refractivity contribution in [1.29, 1.82) is 0 Å². The third-order valence-corrected chi connectivity index (χ3v) is 4.66. The van der Waals surface area contributed by atoms with Crippen molar-refractivity contribution < 1.29 is 0 Å². The van der Waals surface area contributed by atoms with Crippen LogP contribution in [0.4, 0.5) is 0 Å². The molecule has 0 amide bonds. The minimum absolute atomic E-state index is 0.405. The first-order chi connectivity index (χ1) is 11.3. The second-order valence-electron chi connectivity index (χ2n) is 6.69. The van der Waals surface area contributed by atoms with E-state index in [0.717, 1.165) is 6.54 Å². The summed E-state index contributed by atoms with van der Waals surface area (Å²) < 4.78 is 0. The Labute approximate surface area is 144 Å². The lowest BCUT2D eigenvalue weighted by atomic mass is 10.0. The maximum absolute atomic E-state index is 3.91. The van der Waals surface area contributed by atoms with Gasteiger partial charge in [0.25, 0.3) is 0 Å². The number of benzene rings is 1. The zero-order chi connectivity index (χ0) is 16.8. The molecule has 1 heteroatoms. The van der Waals surface area contributed by atoms with Gasteiger partial charge in [0.2, 0.25) is 0 Å². The number of rotatable bonds is 14. The Morgan fingerprint density at radius 2 is 1.48 bits per heavy atom. The zero-order valence-electron chi connectivity index (χ0n) is 15.4. The van der Waals surface area contributed by atoms with Crippen molar-refractivity contribution in [2.24, 2.45) is 0 Å². The van der Waals surface area contributed by atoms with Crippen LogP contribution in [0, 0.1) is 0 Å². The second-order valence-corrected chi connectivity index (χ2v) is 6.69. The summed E-state index contributed by atoms with van der Waals surface area (Å²) >= 11 is 0. The minimum Gasteiger partial charge on any atom is -0.310 e. The Morgan fingerprint density at radius 1 is 0.913 bits per heavy atom. The molecule has 0 aliphatic heterocycles. The molecule has 0 bridgehead atoms. The third-order valence-electron chi connectivity index (χ3n) is 4.66.